The molecule has 2 aromatic rings. The molecule has 0 unspecified atom stereocenters. The monoisotopic (exact) mass is 407 g/mol. The van der Waals surface area contributed by atoms with Crippen LogP contribution in [0.3, 0.4) is 0 Å². The summed E-state index contributed by atoms with van der Waals surface area (Å²) in [4.78, 5) is 25.5. The lowest BCUT2D eigenvalue weighted by Crippen LogP contribution is -2.48. The number of ether oxygens (including phenoxy) is 2. The first kappa shape index (κ1) is 20.2. The molecule has 1 aliphatic heterocycles. The molecule has 1 heterocycles. The molecule has 0 saturated heterocycles. The molecule has 6 heteroatoms. The van der Waals surface area contributed by atoms with Gasteiger partial charge >= 0.3 is 0 Å². The number of carbonyl (C=O) groups is 2. The van der Waals surface area contributed by atoms with Gasteiger partial charge in [-0.3, -0.25) is 9.59 Å². The summed E-state index contributed by atoms with van der Waals surface area (Å²) in [5.74, 6) is -0.488. The van der Waals surface area contributed by atoms with E-state index in [1.807, 2.05) is 36.4 Å². The summed E-state index contributed by atoms with van der Waals surface area (Å²) in [6.45, 7) is 4.75. The Balaban J connectivity index is 1.89. The van der Waals surface area contributed by atoms with E-state index in [1.54, 1.807) is 19.1 Å². The van der Waals surface area contributed by atoms with Crippen molar-refractivity contribution in [3.05, 3.63) is 65.4 Å². The Morgan fingerprint density at radius 2 is 1.77 bits per heavy atom. The SMILES string of the molecule is CC(=O)C1=C(Nc2ccccc2)C[C@@](C)(O)[C@@H](C(C)=O)[C@H]1c1ccc2c(c1)OCO2. The Hall–Kier alpha value is -3.12. The molecule has 3 atom stereocenters. The van der Waals surface area contributed by atoms with Crippen molar-refractivity contribution >= 4 is 17.3 Å². The maximum atomic E-state index is 12.8. The van der Waals surface area contributed by atoms with E-state index in [0.29, 0.717) is 22.8 Å². The highest BCUT2D eigenvalue weighted by molar-refractivity contribution is 5.98. The van der Waals surface area contributed by atoms with Crippen molar-refractivity contribution in [3.63, 3.8) is 0 Å². The number of carbonyl (C=O) groups excluding carboxylic acids is 2. The molecule has 2 aromatic carbocycles. The van der Waals surface area contributed by atoms with Crippen molar-refractivity contribution in [2.75, 3.05) is 12.1 Å². The zero-order valence-electron chi connectivity index (χ0n) is 17.3. The lowest BCUT2D eigenvalue weighted by molar-refractivity contribution is -0.131. The highest BCUT2D eigenvalue weighted by Crippen LogP contribution is 2.49. The van der Waals surface area contributed by atoms with E-state index < -0.39 is 17.4 Å². The third-order valence-electron chi connectivity index (χ3n) is 5.82. The van der Waals surface area contributed by atoms with E-state index in [4.69, 9.17) is 9.47 Å². The Morgan fingerprint density at radius 1 is 1.07 bits per heavy atom. The molecule has 0 bridgehead atoms. The molecule has 0 amide bonds. The smallest absolute Gasteiger partial charge is 0.231 e. The van der Waals surface area contributed by atoms with Crippen molar-refractivity contribution in [1.29, 1.82) is 0 Å². The molecular weight excluding hydrogens is 382 g/mol. The van der Waals surface area contributed by atoms with Crippen molar-refractivity contribution in [1.82, 2.24) is 0 Å². The maximum absolute atomic E-state index is 12.8. The van der Waals surface area contributed by atoms with Gasteiger partial charge in [-0.2, -0.15) is 0 Å². The number of hydrogen-bond donors (Lipinski definition) is 2. The van der Waals surface area contributed by atoms with Gasteiger partial charge in [0.1, 0.15) is 5.78 Å². The van der Waals surface area contributed by atoms with Crippen LogP contribution < -0.4 is 14.8 Å². The summed E-state index contributed by atoms with van der Waals surface area (Å²) in [7, 11) is 0. The largest absolute Gasteiger partial charge is 0.454 e. The third-order valence-corrected chi connectivity index (χ3v) is 5.82. The van der Waals surface area contributed by atoms with E-state index in [1.165, 1.54) is 13.8 Å². The zero-order valence-corrected chi connectivity index (χ0v) is 17.3. The molecule has 4 rings (SSSR count). The van der Waals surface area contributed by atoms with E-state index in [0.717, 1.165) is 11.3 Å². The average Bonchev–Trinajstić information content (AvgIpc) is 3.14. The molecule has 0 fully saturated rings. The third kappa shape index (κ3) is 3.59. The minimum absolute atomic E-state index is 0.132. The number of aliphatic hydroxyl groups is 1. The van der Waals surface area contributed by atoms with Crippen LogP contribution in [-0.2, 0) is 9.59 Å². The topological polar surface area (TPSA) is 84.9 Å². The molecule has 2 N–H and O–H groups in total. The Labute approximate surface area is 175 Å². The first-order chi connectivity index (χ1) is 14.3. The van der Waals surface area contributed by atoms with Crippen LogP contribution in [0.5, 0.6) is 11.5 Å². The fourth-order valence-electron chi connectivity index (χ4n) is 4.65. The number of allylic oxidation sites excluding steroid dienone is 1. The minimum Gasteiger partial charge on any atom is -0.454 e. The van der Waals surface area contributed by atoms with Crippen LogP contribution in [0, 0.1) is 5.92 Å². The molecule has 1 aliphatic carbocycles. The summed E-state index contributed by atoms with van der Waals surface area (Å²) in [6, 6.07) is 14.9. The molecule has 0 radical (unpaired) electrons. The van der Waals surface area contributed by atoms with Crippen LogP contribution in [0.15, 0.2) is 59.8 Å². The molecule has 30 heavy (non-hydrogen) atoms. The molecular formula is C24H25NO5. The van der Waals surface area contributed by atoms with Gasteiger partial charge in [-0.15, -0.1) is 0 Å². The second-order valence-electron chi connectivity index (χ2n) is 8.15. The first-order valence-electron chi connectivity index (χ1n) is 9.96. The lowest BCUT2D eigenvalue weighted by Gasteiger charge is -2.43. The molecule has 0 spiro atoms. The molecule has 156 valence electrons. The van der Waals surface area contributed by atoms with Gasteiger partial charge < -0.3 is 19.9 Å². The highest BCUT2D eigenvalue weighted by Gasteiger charge is 2.49. The van der Waals surface area contributed by atoms with Crippen LogP contribution >= 0.6 is 0 Å². The second kappa shape index (κ2) is 7.61. The van der Waals surface area contributed by atoms with Crippen molar-refractivity contribution in [2.45, 2.75) is 38.7 Å². The van der Waals surface area contributed by atoms with E-state index in [2.05, 4.69) is 5.32 Å². The fourth-order valence-corrected chi connectivity index (χ4v) is 4.65. The second-order valence-corrected chi connectivity index (χ2v) is 8.15. The van der Waals surface area contributed by atoms with Gasteiger partial charge in [0.15, 0.2) is 17.3 Å². The van der Waals surface area contributed by atoms with Gasteiger partial charge in [0.25, 0.3) is 0 Å². The van der Waals surface area contributed by atoms with Crippen LogP contribution in [0.4, 0.5) is 5.69 Å². The summed E-state index contributed by atoms with van der Waals surface area (Å²) in [5, 5.41) is 14.6. The number of rotatable bonds is 5. The zero-order chi connectivity index (χ0) is 21.5. The van der Waals surface area contributed by atoms with Crippen LogP contribution in [0.25, 0.3) is 0 Å². The van der Waals surface area contributed by atoms with Gasteiger partial charge in [0, 0.05) is 29.3 Å². The number of Topliss-reactive ketones (excluding diaryl/α,β-unsaturated/α-hetero) is 2. The number of anilines is 1. The van der Waals surface area contributed by atoms with Gasteiger partial charge in [-0.1, -0.05) is 24.3 Å². The first-order valence-corrected chi connectivity index (χ1v) is 9.96. The summed E-state index contributed by atoms with van der Waals surface area (Å²) >= 11 is 0. The maximum Gasteiger partial charge on any atom is 0.231 e. The number of fused-ring (bicyclic) bond motifs is 1. The van der Waals surface area contributed by atoms with Gasteiger partial charge in [-0.05, 0) is 50.6 Å². The van der Waals surface area contributed by atoms with Crippen molar-refractivity contribution < 1.29 is 24.2 Å². The fraction of sp³-hybridized carbons (Fsp3) is 0.333. The molecule has 2 aliphatic rings. The molecule has 0 saturated carbocycles. The number of ketones is 2. The lowest BCUT2D eigenvalue weighted by atomic mass is 9.64. The van der Waals surface area contributed by atoms with E-state index in [9.17, 15) is 14.7 Å². The van der Waals surface area contributed by atoms with Crippen LogP contribution in [0.1, 0.15) is 38.7 Å². The predicted molar refractivity (Wildman–Crippen MR) is 112 cm³/mol. The predicted octanol–water partition coefficient (Wildman–Crippen LogP) is 3.81. The van der Waals surface area contributed by atoms with Crippen molar-refractivity contribution in [3.8, 4) is 11.5 Å². The quantitative estimate of drug-likeness (QED) is 0.784. The summed E-state index contributed by atoms with van der Waals surface area (Å²) in [5.41, 5.74) is 1.34. The minimum atomic E-state index is -1.33. The summed E-state index contributed by atoms with van der Waals surface area (Å²) < 4.78 is 10.9. The van der Waals surface area contributed by atoms with E-state index >= 15 is 0 Å². The number of nitrogens with one attached hydrogen (secondary N) is 1. The van der Waals surface area contributed by atoms with Crippen LogP contribution in [-0.4, -0.2) is 29.1 Å². The normalized spacial score (nSPS) is 25.2. The standard InChI is InChI=1S/C24H25NO5/c1-14(26)21-18(25-17-7-5-4-6-8-17)12-24(3,28)23(15(2)27)22(21)16-9-10-19-20(11-16)30-13-29-19/h4-11,22-23,25,28H,12-13H2,1-3H3/t22-,23-,24+/m0/s1. The highest BCUT2D eigenvalue weighted by atomic mass is 16.7. The summed E-state index contributed by atoms with van der Waals surface area (Å²) in [6.07, 6.45) is 0.169. The number of hydrogen-bond acceptors (Lipinski definition) is 6. The number of para-hydroxylation sites is 1. The van der Waals surface area contributed by atoms with E-state index in [-0.39, 0.29) is 24.8 Å². The van der Waals surface area contributed by atoms with Gasteiger partial charge in [0.05, 0.1) is 11.5 Å². The van der Waals surface area contributed by atoms with Gasteiger partial charge in [-0.25, -0.2) is 0 Å². The van der Waals surface area contributed by atoms with Gasteiger partial charge in [0.2, 0.25) is 6.79 Å². The Kier molecular flexibility index (Phi) is 5.12. The Bertz CT molecular complexity index is 1030. The molecule has 0 aromatic heterocycles. The van der Waals surface area contributed by atoms with Crippen molar-refractivity contribution in [2.24, 2.45) is 5.92 Å². The average molecular weight is 407 g/mol. The van der Waals surface area contributed by atoms with Crippen LogP contribution in [0.2, 0.25) is 0 Å². The number of benzene rings is 2. The molecule has 6 nitrogen and oxygen atoms in total. The Morgan fingerprint density at radius 3 is 2.43 bits per heavy atom.